The van der Waals surface area contributed by atoms with Gasteiger partial charge in [0.15, 0.2) is 6.61 Å². The number of para-hydroxylation sites is 1. The third kappa shape index (κ3) is 5.43. The largest absolute Gasteiger partial charge is 0.483 e. The van der Waals surface area contributed by atoms with Crippen molar-refractivity contribution in [3.05, 3.63) is 77.6 Å². The van der Waals surface area contributed by atoms with Gasteiger partial charge >= 0.3 is 12.1 Å². The smallest absolute Gasteiger partial charge is 0.422 e. The summed E-state index contributed by atoms with van der Waals surface area (Å²) in [7, 11) is 0. The molecule has 172 valence electrons. The summed E-state index contributed by atoms with van der Waals surface area (Å²) in [6.07, 6.45) is -0.739. The summed E-state index contributed by atoms with van der Waals surface area (Å²) in [5.74, 6) is -0.854. The Hall–Kier alpha value is -3.59. The molecule has 3 aromatic rings. The fraction of sp³-hybridized carbons (Fsp3) is 0.250. The van der Waals surface area contributed by atoms with Gasteiger partial charge in [-0.1, -0.05) is 36.4 Å². The van der Waals surface area contributed by atoms with E-state index in [-0.39, 0.29) is 17.4 Å². The molecule has 0 fully saturated rings. The van der Waals surface area contributed by atoms with Crippen molar-refractivity contribution in [1.29, 1.82) is 0 Å². The number of ether oxygens (including phenoxy) is 1. The minimum atomic E-state index is -4.41. The van der Waals surface area contributed by atoms with E-state index in [4.69, 9.17) is 4.74 Å². The first kappa shape index (κ1) is 22.6. The number of hydrogen-bond acceptors (Lipinski definition) is 5. The highest BCUT2D eigenvalue weighted by molar-refractivity contribution is 5.93. The predicted octanol–water partition coefficient (Wildman–Crippen LogP) is 4.69. The SMILES string of the molecule is O=C(O)c1ccncc1NCC1NCCc2cc(-c3ccccc3OCC(F)(F)F)ccc21. The van der Waals surface area contributed by atoms with E-state index in [9.17, 15) is 23.1 Å². The molecular weight excluding hydrogens is 435 g/mol. The summed E-state index contributed by atoms with van der Waals surface area (Å²) in [4.78, 5) is 15.4. The topological polar surface area (TPSA) is 83.5 Å². The van der Waals surface area contributed by atoms with E-state index >= 15 is 0 Å². The first-order valence-corrected chi connectivity index (χ1v) is 10.4. The van der Waals surface area contributed by atoms with Crippen molar-refractivity contribution in [2.24, 2.45) is 0 Å². The Kier molecular flexibility index (Phi) is 6.50. The molecule has 3 N–H and O–H groups in total. The van der Waals surface area contributed by atoms with Gasteiger partial charge in [-0.3, -0.25) is 4.98 Å². The van der Waals surface area contributed by atoms with Crippen LogP contribution in [0.4, 0.5) is 18.9 Å². The van der Waals surface area contributed by atoms with Crippen LogP contribution >= 0.6 is 0 Å². The molecule has 1 unspecified atom stereocenters. The lowest BCUT2D eigenvalue weighted by Crippen LogP contribution is -2.34. The molecule has 2 aromatic carbocycles. The molecule has 2 heterocycles. The van der Waals surface area contributed by atoms with Gasteiger partial charge in [0.1, 0.15) is 5.75 Å². The molecule has 0 bridgehead atoms. The number of nitrogens with one attached hydrogen (secondary N) is 2. The van der Waals surface area contributed by atoms with Gasteiger partial charge in [0, 0.05) is 24.3 Å². The number of aromatic carboxylic acids is 1. The van der Waals surface area contributed by atoms with Crippen LogP contribution in [0.5, 0.6) is 5.75 Å². The third-order valence-corrected chi connectivity index (χ3v) is 5.44. The zero-order valence-corrected chi connectivity index (χ0v) is 17.5. The average Bonchev–Trinajstić information content (AvgIpc) is 2.81. The highest BCUT2D eigenvalue weighted by Crippen LogP contribution is 2.34. The molecule has 1 aliphatic heterocycles. The summed E-state index contributed by atoms with van der Waals surface area (Å²) in [6.45, 7) is -0.184. The second kappa shape index (κ2) is 9.50. The van der Waals surface area contributed by atoms with Crippen LogP contribution in [-0.2, 0) is 6.42 Å². The molecular formula is C24H22F3N3O3. The molecule has 0 saturated heterocycles. The number of alkyl halides is 3. The normalized spacial score (nSPS) is 15.5. The zero-order chi connectivity index (χ0) is 23.4. The van der Waals surface area contributed by atoms with Crippen LogP contribution < -0.4 is 15.4 Å². The predicted molar refractivity (Wildman–Crippen MR) is 118 cm³/mol. The van der Waals surface area contributed by atoms with Crippen molar-refractivity contribution >= 4 is 11.7 Å². The number of pyridine rings is 1. The van der Waals surface area contributed by atoms with E-state index in [0.717, 1.165) is 23.1 Å². The average molecular weight is 457 g/mol. The number of halogens is 3. The number of hydrogen-bond donors (Lipinski definition) is 3. The first-order valence-electron chi connectivity index (χ1n) is 10.4. The Morgan fingerprint density at radius 3 is 2.82 bits per heavy atom. The number of rotatable bonds is 7. The summed E-state index contributed by atoms with van der Waals surface area (Å²) >= 11 is 0. The maximum Gasteiger partial charge on any atom is 0.422 e. The molecule has 4 rings (SSSR count). The van der Waals surface area contributed by atoms with Gasteiger partial charge in [-0.25, -0.2) is 4.79 Å². The zero-order valence-electron chi connectivity index (χ0n) is 17.5. The van der Waals surface area contributed by atoms with Crippen molar-refractivity contribution in [3.63, 3.8) is 0 Å². The molecule has 0 saturated carbocycles. The Balaban J connectivity index is 1.55. The van der Waals surface area contributed by atoms with Gasteiger partial charge in [-0.2, -0.15) is 13.2 Å². The number of carboxylic acid groups (broad SMARTS) is 1. The van der Waals surface area contributed by atoms with Gasteiger partial charge in [-0.15, -0.1) is 0 Å². The molecule has 6 nitrogen and oxygen atoms in total. The lowest BCUT2D eigenvalue weighted by atomic mass is 9.90. The summed E-state index contributed by atoms with van der Waals surface area (Å²) in [6, 6.07) is 13.8. The van der Waals surface area contributed by atoms with Crippen LogP contribution in [0.1, 0.15) is 27.5 Å². The second-order valence-corrected chi connectivity index (χ2v) is 7.68. The number of carbonyl (C=O) groups is 1. The van der Waals surface area contributed by atoms with Crippen molar-refractivity contribution in [1.82, 2.24) is 10.3 Å². The highest BCUT2D eigenvalue weighted by atomic mass is 19.4. The van der Waals surface area contributed by atoms with E-state index in [0.29, 0.717) is 24.3 Å². The molecule has 0 amide bonds. The van der Waals surface area contributed by atoms with Crippen LogP contribution in [0.25, 0.3) is 11.1 Å². The van der Waals surface area contributed by atoms with Gasteiger partial charge in [-0.05, 0) is 41.8 Å². The van der Waals surface area contributed by atoms with E-state index in [1.54, 1.807) is 18.2 Å². The number of nitrogens with zero attached hydrogens (tertiary/aromatic N) is 1. The molecule has 0 spiro atoms. The van der Waals surface area contributed by atoms with Crippen LogP contribution in [0, 0.1) is 0 Å². The fourth-order valence-corrected chi connectivity index (χ4v) is 3.93. The van der Waals surface area contributed by atoms with E-state index < -0.39 is 18.8 Å². The maximum absolute atomic E-state index is 12.6. The minimum absolute atomic E-state index is 0.0682. The molecule has 9 heteroatoms. The van der Waals surface area contributed by atoms with E-state index in [1.165, 1.54) is 24.5 Å². The standard InChI is InChI=1S/C24H22F3N3O3/c25-24(26,27)14-33-22-4-2-1-3-18(22)15-5-6-17-16(11-15)7-10-29-21(17)13-30-20-12-28-9-8-19(20)23(31)32/h1-6,8-9,11-12,21,29-30H,7,10,13-14H2,(H,31,32). The van der Waals surface area contributed by atoms with Gasteiger partial charge in [0.05, 0.1) is 17.4 Å². The highest BCUT2D eigenvalue weighted by Gasteiger charge is 2.29. The van der Waals surface area contributed by atoms with Crippen LogP contribution in [-0.4, -0.2) is 41.9 Å². The Morgan fingerprint density at radius 2 is 2.03 bits per heavy atom. The lowest BCUT2D eigenvalue weighted by molar-refractivity contribution is -0.153. The van der Waals surface area contributed by atoms with Crippen molar-refractivity contribution in [3.8, 4) is 16.9 Å². The maximum atomic E-state index is 12.6. The summed E-state index contributed by atoms with van der Waals surface area (Å²) < 4.78 is 42.9. The number of carboxylic acids is 1. The molecule has 1 aromatic heterocycles. The lowest BCUT2D eigenvalue weighted by Gasteiger charge is -2.28. The fourth-order valence-electron chi connectivity index (χ4n) is 3.93. The van der Waals surface area contributed by atoms with Crippen LogP contribution in [0.15, 0.2) is 60.9 Å². The molecule has 0 radical (unpaired) electrons. The van der Waals surface area contributed by atoms with E-state index in [1.807, 2.05) is 18.2 Å². The molecule has 1 aliphatic rings. The Morgan fingerprint density at radius 1 is 1.21 bits per heavy atom. The van der Waals surface area contributed by atoms with Crippen LogP contribution in [0.3, 0.4) is 0 Å². The van der Waals surface area contributed by atoms with Crippen molar-refractivity contribution in [2.75, 3.05) is 25.0 Å². The summed E-state index contributed by atoms with van der Waals surface area (Å²) in [5, 5.41) is 15.9. The van der Waals surface area contributed by atoms with Gasteiger partial charge in [0.2, 0.25) is 0 Å². The van der Waals surface area contributed by atoms with Crippen molar-refractivity contribution < 1.29 is 27.8 Å². The number of aromatic nitrogens is 1. The second-order valence-electron chi connectivity index (χ2n) is 7.68. The molecule has 1 atom stereocenters. The number of fused-ring (bicyclic) bond motifs is 1. The number of benzene rings is 2. The Labute approximate surface area is 188 Å². The molecule has 0 aliphatic carbocycles. The van der Waals surface area contributed by atoms with Gasteiger partial charge < -0.3 is 20.5 Å². The monoisotopic (exact) mass is 457 g/mol. The third-order valence-electron chi connectivity index (χ3n) is 5.44. The minimum Gasteiger partial charge on any atom is -0.483 e. The summed E-state index contributed by atoms with van der Waals surface area (Å²) in [5.41, 5.74) is 4.08. The number of anilines is 1. The Bertz CT molecular complexity index is 1150. The quantitative estimate of drug-likeness (QED) is 0.478. The van der Waals surface area contributed by atoms with Crippen LogP contribution in [0.2, 0.25) is 0 Å². The van der Waals surface area contributed by atoms with Gasteiger partial charge in [0.25, 0.3) is 0 Å². The molecule has 33 heavy (non-hydrogen) atoms. The van der Waals surface area contributed by atoms with Crippen molar-refractivity contribution in [2.45, 2.75) is 18.6 Å². The first-order chi connectivity index (χ1) is 15.8. The van der Waals surface area contributed by atoms with E-state index in [2.05, 4.69) is 15.6 Å².